The first-order chi connectivity index (χ1) is 26.4. The summed E-state index contributed by atoms with van der Waals surface area (Å²) in [5, 5.41) is 14.0. The summed E-state index contributed by atoms with van der Waals surface area (Å²) in [4.78, 5) is 36.9. The minimum atomic E-state index is -0.382. The van der Waals surface area contributed by atoms with Crippen LogP contribution in [0.1, 0.15) is 22.3 Å². The number of hydrogen-bond acceptors (Lipinski definition) is 10. The first-order valence-electron chi connectivity index (χ1n) is 16.6. The topological polar surface area (TPSA) is 138 Å². The van der Waals surface area contributed by atoms with Gasteiger partial charge in [-0.2, -0.15) is 0 Å². The molecule has 55 heavy (non-hydrogen) atoms. The van der Waals surface area contributed by atoms with Gasteiger partial charge in [0.15, 0.2) is 28.7 Å². The third-order valence-corrected chi connectivity index (χ3v) is 11.1. The average Bonchev–Trinajstić information content (AvgIpc) is 3.13. The summed E-state index contributed by atoms with van der Waals surface area (Å²) in [6, 6.07) is 16.7. The van der Waals surface area contributed by atoms with E-state index in [0.717, 1.165) is 16.7 Å². The summed E-state index contributed by atoms with van der Waals surface area (Å²) in [7, 11) is 5.87. The molecule has 0 atom stereocenters. The number of rotatable bonds is 4. The Morgan fingerprint density at radius 1 is 0.545 bits per heavy atom. The summed E-state index contributed by atoms with van der Waals surface area (Å²) < 4.78 is 27.3. The van der Waals surface area contributed by atoms with E-state index in [2.05, 4.69) is 101 Å². The van der Waals surface area contributed by atoms with Crippen LogP contribution in [0, 0.1) is 0 Å². The predicted molar refractivity (Wildman–Crippen MR) is 227 cm³/mol. The van der Waals surface area contributed by atoms with Gasteiger partial charge in [-0.3, -0.25) is 9.59 Å². The normalized spacial score (nSPS) is 15.7. The van der Waals surface area contributed by atoms with E-state index in [1.54, 1.807) is 13.2 Å². The molecule has 0 aliphatic carbocycles. The lowest BCUT2D eigenvalue weighted by atomic mass is 10.1. The molecule has 12 nitrogen and oxygen atoms in total. The van der Waals surface area contributed by atoms with Crippen molar-refractivity contribution >= 4 is 103 Å². The van der Waals surface area contributed by atoms with Crippen molar-refractivity contribution in [2.45, 2.75) is 25.7 Å². The molecule has 290 valence electrons. The Kier molecular flexibility index (Phi) is 15.4. The van der Waals surface area contributed by atoms with E-state index >= 15 is 0 Å². The number of benzene rings is 4. The highest BCUT2D eigenvalue weighted by molar-refractivity contribution is 9.11. The van der Waals surface area contributed by atoms with Crippen LogP contribution in [0.5, 0.6) is 34.5 Å². The van der Waals surface area contributed by atoms with E-state index in [-0.39, 0.29) is 36.1 Å². The number of ether oxygens (including phenoxy) is 4. The second-order valence-corrected chi connectivity index (χ2v) is 16.2. The molecular formula is C38H35Br5N4O8. The minimum Gasteiger partial charge on any atom is -0.492 e. The van der Waals surface area contributed by atoms with Crippen molar-refractivity contribution in [2.75, 3.05) is 41.5 Å². The maximum atomic E-state index is 13.4. The molecule has 0 fully saturated rings. The van der Waals surface area contributed by atoms with Gasteiger partial charge in [-0.25, -0.2) is 0 Å². The zero-order valence-corrected chi connectivity index (χ0v) is 37.9. The lowest BCUT2D eigenvalue weighted by Gasteiger charge is -2.17. The van der Waals surface area contributed by atoms with E-state index in [4.69, 9.17) is 28.6 Å². The number of nitrogens with zero attached hydrogens (tertiary/aromatic N) is 2. The van der Waals surface area contributed by atoms with Gasteiger partial charge in [0.25, 0.3) is 11.8 Å². The molecule has 0 radical (unpaired) electrons. The third kappa shape index (κ3) is 11.0. The number of carbonyl (C=O) groups excluding carboxylic acids is 2. The molecule has 8 rings (SSSR count). The number of halogens is 5. The second kappa shape index (κ2) is 20.0. The molecule has 4 aliphatic heterocycles. The Hall–Kier alpha value is -3.64. The van der Waals surface area contributed by atoms with E-state index in [1.165, 1.54) is 21.3 Å². The molecule has 2 N–H and O–H groups in total. The highest BCUT2D eigenvalue weighted by Crippen LogP contribution is 2.44. The van der Waals surface area contributed by atoms with Gasteiger partial charge in [-0.05, 0) is 163 Å². The molecule has 0 spiro atoms. The summed E-state index contributed by atoms with van der Waals surface area (Å²) in [6.45, 7) is 0.648. The monoisotopic (exact) mass is 1070 g/mol. The number of methoxy groups -OCH3 is 2. The van der Waals surface area contributed by atoms with Crippen LogP contribution < -0.4 is 29.6 Å². The van der Waals surface area contributed by atoms with Crippen molar-refractivity contribution in [3.05, 3.63) is 99.2 Å². The van der Waals surface area contributed by atoms with Crippen LogP contribution in [0.15, 0.2) is 87.3 Å². The van der Waals surface area contributed by atoms with Crippen LogP contribution in [0.4, 0.5) is 0 Å². The van der Waals surface area contributed by atoms with Crippen LogP contribution in [-0.2, 0) is 44.9 Å². The summed E-state index contributed by atoms with van der Waals surface area (Å²) >= 11 is 18.1. The van der Waals surface area contributed by atoms with Crippen molar-refractivity contribution in [3.63, 3.8) is 0 Å². The Balaban J connectivity index is 1.52. The molecule has 4 aliphatic rings. The van der Waals surface area contributed by atoms with Crippen molar-refractivity contribution in [2.24, 2.45) is 10.3 Å². The van der Waals surface area contributed by atoms with E-state index in [0.29, 0.717) is 88.4 Å². The quantitative estimate of drug-likeness (QED) is 0.193. The van der Waals surface area contributed by atoms with Gasteiger partial charge < -0.3 is 39.3 Å². The Morgan fingerprint density at radius 2 is 1.00 bits per heavy atom. The lowest BCUT2D eigenvalue weighted by molar-refractivity contribution is -0.115. The second-order valence-electron chi connectivity index (χ2n) is 11.9. The highest BCUT2D eigenvalue weighted by Gasteiger charge is 2.22. The van der Waals surface area contributed by atoms with Crippen LogP contribution in [0.25, 0.3) is 0 Å². The summed E-state index contributed by atoms with van der Waals surface area (Å²) in [5.74, 6) is 2.06. The van der Waals surface area contributed by atoms with Crippen molar-refractivity contribution in [1.82, 2.24) is 10.6 Å². The van der Waals surface area contributed by atoms with Gasteiger partial charge in [0.1, 0.15) is 31.4 Å². The molecule has 4 aromatic rings. The molecule has 0 aromatic heterocycles. The number of amides is 2. The van der Waals surface area contributed by atoms with Gasteiger partial charge in [-0.1, -0.05) is 16.4 Å². The maximum Gasteiger partial charge on any atom is 0.269 e. The fourth-order valence-electron chi connectivity index (χ4n) is 5.62. The highest BCUT2D eigenvalue weighted by atomic mass is 79.9. The van der Waals surface area contributed by atoms with E-state index in [9.17, 15) is 9.59 Å². The first kappa shape index (κ1) is 42.5. The van der Waals surface area contributed by atoms with Gasteiger partial charge in [0.2, 0.25) is 0 Å². The van der Waals surface area contributed by atoms with Crippen molar-refractivity contribution in [3.8, 4) is 34.5 Å². The molecule has 0 unspecified atom stereocenters. The van der Waals surface area contributed by atoms with Crippen LogP contribution in [0.2, 0.25) is 0 Å². The van der Waals surface area contributed by atoms with Gasteiger partial charge in [0, 0.05) is 25.9 Å². The number of hydrogen-bond donors (Lipinski definition) is 2. The number of oxime groups is 2. The summed E-state index contributed by atoms with van der Waals surface area (Å²) in [6.07, 6.45) is 1.30. The predicted octanol–water partition coefficient (Wildman–Crippen LogP) is 9.22. The van der Waals surface area contributed by atoms with E-state index < -0.39 is 0 Å². The molecule has 8 bridgehead atoms. The fourth-order valence-corrected chi connectivity index (χ4v) is 8.87. The standard InChI is InChI=1S/C38H35Br5N4O8/c1-50-35-27(42)12-21-8-10-45-37(48)29(46-52-3)16-22-13-25(40)34(26(41)14-22)55-33-19-23(15-28(43)36(33)51-2)17-30(47-53-4)38(49)44-9-7-20-5-6-31(24(39)11-20)54-32(35)18-21/h5-6,11-15,18-19H,7-10,16-17H2,1-4H3,(H,44,49)(H,45,48). The lowest BCUT2D eigenvalue weighted by Crippen LogP contribution is -2.34. The van der Waals surface area contributed by atoms with E-state index in [1.807, 2.05) is 48.5 Å². The molecule has 4 heterocycles. The molecule has 4 aromatic carbocycles. The first-order valence-corrected chi connectivity index (χ1v) is 20.5. The largest absolute Gasteiger partial charge is 0.492 e. The van der Waals surface area contributed by atoms with Crippen LogP contribution in [0.3, 0.4) is 0 Å². The fraction of sp³-hybridized carbons (Fsp3) is 0.263. The molecule has 17 heteroatoms. The van der Waals surface area contributed by atoms with Crippen molar-refractivity contribution in [1.29, 1.82) is 0 Å². The Morgan fingerprint density at radius 3 is 1.53 bits per heavy atom. The minimum absolute atomic E-state index is 0.127. The zero-order chi connectivity index (χ0) is 39.6. The Bertz CT molecular complexity index is 2120. The average molecular weight is 1080 g/mol. The zero-order valence-electron chi connectivity index (χ0n) is 30.0. The van der Waals surface area contributed by atoms with Crippen LogP contribution >= 0.6 is 79.6 Å². The SMILES string of the molecule is CON=C1Cc2cc(Br)c(c(Br)c2)Oc2cc(cc(Br)c2OC)CC(=NOC)C(=O)NCCc2ccc(c(Br)c2)Oc2cc(cc(Br)c2OC)CCNC1=O. The number of nitrogens with one attached hydrogen (secondary N) is 2. The Labute approximate surface area is 360 Å². The van der Waals surface area contributed by atoms with Gasteiger partial charge in [-0.15, -0.1) is 0 Å². The van der Waals surface area contributed by atoms with Crippen LogP contribution in [-0.4, -0.2) is 64.8 Å². The smallest absolute Gasteiger partial charge is 0.269 e. The third-order valence-electron chi connectivity index (χ3n) is 8.10. The molecular weight excluding hydrogens is 1040 g/mol. The van der Waals surface area contributed by atoms with Gasteiger partial charge >= 0.3 is 0 Å². The molecule has 2 amide bonds. The number of carbonyl (C=O) groups is 2. The summed E-state index contributed by atoms with van der Waals surface area (Å²) in [5.41, 5.74) is 3.63. The van der Waals surface area contributed by atoms with Gasteiger partial charge in [0.05, 0.1) is 36.6 Å². The molecule has 0 saturated carbocycles. The molecule has 0 saturated heterocycles. The maximum absolute atomic E-state index is 13.4. The van der Waals surface area contributed by atoms with Crippen molar-refractivity contribution < 1.29 is 38.2 Å².